The van der Waals surface area contributed by atoms with E-state index in [2.05, 4.69) is 374 Å². The molecule has 0 heterocycles. The largest absolute Gasteiger partial charge is 0.311 e. The van der Waals surface area contributed by atoms with Crippen LogP contribution in [0.25, 0.3) is 47.6 Å². The SMILES string of the molecule is C(/C=C/c1ccc(N(c2ccccc2)c2ccc(/C=C/c3cccc(/C=C/c4ccc(N(c5ccccc5)c5ccc(/C=C/C=C(c6ccccc6)c6ccccc6)cc5)cc4)c3)cc2)cc1)=C(c1ccccc1)c1ccccc1. The van der Waals surface area contributed by atoms with Gasteiger partial charge in [0.15, 0.2) is 0 Å². The minimum absolute atomic E-state index is 1.09. The van der Waals surface area contributed by atoms with E-state index in [-0.39, 0.29) is 0 Å². The second kappa shape index (κ2) is 26.0. The Hall–Kier alpha value is -10.5. The lowest BCUT2D eigenvalue weighted by Crippen LogP contribution is -2.09. The molecule has 0 aromatic heterocycles. The van der Waals surface area contributed by atoms with Crippen molar-refractivity contribution in [1.29, 1.82) is 0 Å². The Morgan fingerprint density at radius 2 is 0.438 bits per heavy atom. The maximum atomic E-state index is 2.30. The molecule has 0 aliphatic carbocycles. The monoisotopic (exact) mass is 1020 g/mol. The fourth-order valence-corrected chi connectivity index (χ4v) is 9.84. The average molecular weight is 1030 g/mol. The van der Waals surface area contributed by atoms with E-state index in [0.29, 0.717) is 0 Å². The molecule has 0 spiro atoms. The topological polar surface area (TPSA) is 6.48 Å². The molecule has 0 unspecified atom stereocenters. The summed E-state index contributed by atoms with van der Waals surface area (Å²) < 4.78 is 0. The molecule has 382 valence electrons. The van der Waals surface area contributed by atoms with Crippen molar-refractivity contribution in [2.24, 2.45) is 0 Å². The molecule has 0 atom stereocenters. The first-order valence-corrected chi connectivity index (χ1v) is 27.2. The highest BCUT2D eigenvalue weighted by Gasteiger charge is 2.14. The Morgan fingerprint density at radius 1 is 0.200 bits per heavy atom. The lowest BCUT2D eigenvalue weighted by Gasteiger charge is -2.25. The molecule has 2 nitrogen and oxygen atoms in total. The van der Waals surface area contributed by atoms with Crippen LogP contribution in [0.15, 0.2) is 328 Å². The molecule has 11 rings (SSSR count). The summed E-state index contributed by atoms with van der Waals surface area (Å²) in [5.74, 6) is 0. The van der Waals surface area contributed by atoms with Gasteiger partial charge in [-0.3, -0.25) is 0 Å². The number of nitrogens with zero attached hydrogens (tertiary/aromatic N) is 2. The Balaban J connectivity index is 0.749. The Morgan fingerprint density at radius 3 is 0.725 bits per heavy atom. The highest BCUT2D eigenvalue weighted by atomic mass is 15.1. The second-order valence-electron chi connectivity index (χ2n) is 19.4. The molecule has 0 bridgehead atoms. The van der Waals surface area contributed by atoms with Crippen LogP contribution in [0.4, 0.5) is 34.1 Å². The third kappa shape index (κ3) is 13.3. The molecule has 0 aliphatic heterocycles. The normalized spacial score (nSPS) is 11.3. The first-order valence-electron chi connectivity index (χ1n) is 27.2. The zero-order chi connectivity index (χ0) is 54.0. The summed E-state index contributed by atoms with van der Waals surface area (Å²) in [6.45, 7) is 0. The highest BCUT2D eigenvalue weighted by molar-refractivity contribution is 5.85. The minimum Gasteiger partial charge on any atom is -0.311 e. The summed E-state index contributed by atoms with van der Waals surface area (Å²) in [7, 11) is 0. The number of benzene rings is 11. The van der Waals surface area contributed by atoms with Gasteiger partial charge in [0.05, 0.1) is 0 Å². The van der Waals surface area contributed by atoms with E-state index in [9.17, 15) is 0 Å². The summed E-state index contributed by atoms with van der Waals surface area (Å²) in [6, 6.07) is 107. The summed E-state index contributed by atoms with van der Waals surface area (Å²) in [5, 5.41) is 0. The van der Waals surface area contributed by atoms with Gasteiger partial charge < -0.3 is 9.80 Å². The molecule has 0 saturated carbocycles. The molecule has 0 aliphatic rings. The maximum absolute atomic E-state index is 2.30. The molecule has 0 saturated heterocycles. The van der Waals surface area contributed by atoms with Crippen LogP contribution in [0.1, 0.15) is 55.6 Å². The standard InChI is InChI=1S/C78H60N2/c1-7-26-67(27-8-1)77(68-28-9-2-10-29-68)38-20-22-61-44-52-73(53-45-61)79(71-34-15-5-16-35-71)75-56-48-63(49-57-75)40-42-65-24-19-25-66(60-65)43-41-64-50-58-76(59-51-64)80(72-36-17-6-18-37-72)74-54-46-62(47-55-74)23-21-39-78(69-30-11-3-12-31-69)70-32-13-4-14-33-70/h1-60H/b22-20+,23-21+,42-40+,43-41+. The first-order chi connectivity index (χ1) is 39.7. The van der Waals surface area contributed by atoms with Crippen LogP contribution < -0.4 is 9.80 Å². The number of rotatable bonds is 18. The average Bonchev–Trinajstić information content (AvgIpc) is 3.60. The van der Waals surface area contributed by atoms with Crippen LogP contribution in [-0.4, -0.2) is 0 Å². The van der Waals surface area contributed by atoms with Gasteiger partial charge in [-0.05, 0) is 146 Å². The van der Waals surface area contributed by atoms with Crippen molar-refractivity contribution in [3.05, 3.63) is 383 Å². The van der Waals surface area contributed by atoms with E-state index in [1.165, 1.54) is 33.4 Å². The fraction of sp³-hybridized carbons (Fsp3) is 0. The minimum atomic E-state index is 1.09. The number of hydrogen-bond donors (Lipinski definition) is 0. The van der Waals surface area contributed by atoms with Crippen molar-refractivity contribution >= 4 is 81.7 Å². The molecule has 0 amide bonds. The van der Waals surface area contributed by atoms with E-state index in [0.717, 1.165) is 67.5 Å². The van der Waals surface area contributed by atoms with Crippen molar-refractivity contribution in [1.82, 2.24) is 0 Å². The van der Waals surface area contributed by atoms with Gasteiger partial charge in [-0.25, -0.2) is 0 Å². The highest BCUT2D eigenvalue weighted by Crippen LogP contribution is 2.37. The number of allylic oxidation sites excluding steroid dienone is 4. The Bertz CT molecular complexity index is 3560. The van der Waals surface area contributed by atoms with Crippen LogP contribution in [-0.2, 0) is 0 Å². The summed E-state index contributed by atoms with van der Waals surface area (Å²) in [5.41, 5.74) is 20.5. The lowest BCUT2D eigenvalue weighted by atomic mass is 9.97. The van der Waals surface area contributed by atoms with Gasteiger partial charge >= 0.3 is 0 Å². The molecular formula is C78H60N2. The van der Waals surface area contributed by atoms with Crippen LogP contribution in [0, 0.1) is 0 Å². The lowest BCUT2D eigenvalue weighted by molar-refractivity contribution is 1.28. The second-order valence-corrected chi connectivity index (χ2v) is 19.4. The predicted octanol–water partition coefficient (Wildman–Crippen LogP) is 21.3. The molecular weight excluding hydrogens is 965 g/mol. The van der Waals surface area contributed by atoms with Crippen molar-refractivity contribution in [3.63, 3.8) is 0 Å². The number of anilines is 6. The van der Waals surface area contributed by atoms with Crippen molar-refractivity contribution < 1.29 is 0 Å². The molecule has 2 heteroatoms. The zero-order valence-electron chi connectivity index (χ0n) is 44.5. The van der Waals surface area contributed by atoms with Gasteiger partial charge in [-0.1, -0.05) is 285 Å². The molecule has 80 heavy (non-hydrogen) atoms. The zero-order valence-corrected chi connectivity index (χ0v) is 44.5. The van der Waals surface area contributed by atoms with E-state index in [1.807, 2.05) is 0 Å². The first kappa shape index (κ1) is 51.6. The maximum Gasteiger partial charge on any atom is 0.0462 e. The van der Waals surface area contributed by atoms with Gasteiger partial charge in [-0.15, -0.1) is 0 Å². The van der Waals surface area contributed by atoms with Gasteiger partial charge in [0.1, 0.15) is 0 Å². The smallest absolute Gasteiger partial charge is 0.0462 e. The van der Waals surface area contributed by atoms with Crippen molar-refractivity contribution in [2.45, 2.75) is 0 Å². The van der Waals surface area contributed by atoms with Crippen LogP contribution in [0.3, 0.4) is 0 Å². The van der Waals surface area contributed by atoms with Crippen LogP contribution in [0.5, 0.6) is 0 Å². The number of para-hydroxylation sites is 2. The summed E-state index contributed by atoms with van der Waals surface area (Å²) in [6.07, 6.45) is 21.8. The van der Waals surface area contributed by atoms with Crippen molar-refractivity contribution in [2.75, 3.05) is 9.80 Å². The Labute approximate surface area is 472 Å². The summed E-state index contributed by atoms with van der Waals surface area (Å²) >= 11 is 0. The molecule has 0 N–H and O–H groups in total. The quantitative estimate of drug-likeness (QED) is 0.0624. The third-order valence-electron chi connectivity index (χ3n) is 13.9. The van der Waals surface area contributed by atoms with Gasteiger partial charge in [0, 0.05) is 34.1 Å². The number of hydrogen-bond acceptors (Lipinski definition) is 2. The van der Waals surface area contributed by atoms with E-state index >= 15 is 0 Å². The van der Waals surface area contributed by atoms with E-state index < -0.39 is 0 Å². The predicted molar refractivity (Wildman–Crippen MR) is 345 cm³/mol. The molecule has 11 aromatic carbocycles. The van der Waals surface area contributed by atoms with Crippen LogP contribution >= 0.6 is 0 Å². The van der Waals surface area contributed by atoms with E-state index in [1.54, 1.807) is 0 Å². The van der Waals surface area contributed by atoms with Crippen molar-refractivity contribution in [3.8, 4) is 0 Å². The Kier molecular flexibility index (Phi) is 16.8. The molecule has 11 aromatic rings. The third-order valence-corrected chi connectivity index (χ3v) is 13.9. The molecule has 0 fully saturated rings. The van der Waals surface area contributed by atoms with Crippen LogP contribution in [0.2, 0.25) is 0 Å². The van der Waals surface area contributed by atoms with Gasteiger partial charge in [0.25, 0.3) is 0 Å². The molecule has 0 radical (unpaired) electrons. The van der Waals surface area contributed by atoms with Gasteiger partial charge in [0.2, 0.25) is 0 Å². The summed E-state index contributed by atoms with van der Waals surface area (Å²) in [4.78, 5) is 4.61. The van der Waals surface area contributed by atoms with E-state index in [4.69, 9.17) is 0 Å². The fourth-order valence-electron chi connectivity index (χ4n) is 9.84. The van der Waals surface area contributed by atoms with Gasteiger partial charge in [-0.2, -0.15) is 0 Å².